The number of rotatable bonds is 3. The van der Waals surface area contributed by atoms with Gasteiger partial charge in [0.05, 0.1) is 0 Å². The second-order valence-electron chi connectivity index (χ2n) is 11.6. The molecule has 2 fully saturated rings. The number of carbonyl (C=O) groups is 4. The molecule has 6 rings (SSSR count). The summed E-state index contributed by atoms with van der Waals surface area (Å²) in [6, 6.07) is 4.28. The Morgan fingerprint density at radius 3 is 2.33 bits per heavy atom. The van der Waals surface area contributed by atoms with Crippen LogP contribution in [0.4, 0.5) is 0 Å². The van der Waals surface area contributed by atoms with Gasteiger partial charge in [-0.25, -0.2) is 0 Å². The largest absolute Gasteiger partial charge is 0.481 e. The number of esters is 2. The number of hydrogen-bond acceptors (Lipinski definition) is 8. The van der Waals surface area contributed by atoms with Crippen LogP contribution < -0.4 is 15.2 Å². The van der Waals surface area contributed by atoms with E-state index in [-0.39, 0.29) is 41.2 Å². The van der Waals surface area contributed by atoms with Crippen molar-refractivity contribution >= 4 is 23.8 Å². The predicted octanol–water partition coefficient (Wildman–Crippen LogP) is 2.35. The highest BCUT2D eigenvalue weighted by Crippen LogP contribution is 2.62. The number of benzene rings is 1. The minimum atomic E-state index is -0.439. The summed E-state index contributed by atoms with van der Waals surface area (Å²) in [5, 5.41) is 0. The number of nitrogens with two attached hydrogens (primary N) is 1. The Morgan fingerprint density at radius 1 is 1.10 bits per heavy atom. The molecule has 5 aliphatic rings. The molecule has 1 aromatic carbocycles. The van der Waals surface area contributed by atoms with Crippen LogP contribution >= 0.6 is 0 Å². The summed E-state index contributed by atoms with van der Waals surface area (Å²) in [5.41, 5.74) is 6.95. The topological polar surface area (TPSA) is 128 Å². The molecule has 1 spiro atoms. The lowest BCUT2D eigenvalue weighted by atomic mass is 9.53. The zero-order valence-electron chi connectivity index (χ0n) is 24.3. The maximum atomic E-state index is 11.7. The molecule has 2 saturated heterocycles. The van der Waals surface area contributed by atoms with Crippen molar-refractivity contribution in [1.29, 1.82) is 0 Å². The molecule has 2 N–H and O–H groups in total. The number of amides is 2. The van der Waals surface area contributed by atoms with Crippen molar-refractivity contribution in [1.82, 2.24) is 9.80 Å². The fourth-order valence-corrected chi connectivity index (χ4v) is 6.52. The second-order valence-corrected chi connectivity index (χ2v) is 11.6. The van der Waals surface area contributed by atoms with Crippen molar-refractivity contribution in [3.8, 4) is 11.5 Å². The third kappa shape index (κ3) is 5.46. The average Bonchev–Trinajstić information content (AvgIpc) is 3.43. The Labute approximate surface area is 235 Å². The van der Waals surface area contributed by atoms with Gasteiger partial charge in [0.1, 0.15) is 6.10 Å². The molecule has 5 atom stereocenters. The number of primary amides is 1. The van der Waals surface area contributed by atoms with Crippen molar-refractivity contribution < 1.29 is 33.4 Å². The van der Waals surface area contributed by atoms with E-state index in [4.69, 9.17) is 19.9 Å². The summed E-state index contributed by atoms with van der Waals surface area (Å²) in [7, 11) is 4.02. The Kier molecular flexibility index (Phi) is 8.58. The Morgan fingerprint density at radius 2 is 1.80 bits per heavy atom. The molecule has 2 bridgehead atoms. The maximum absolute atomic E-state index is 11.7. The highest BCUT2D eigenvalue weighted by atomic mass is 16.6. The van der Waals surface area contributed by atoms with Crippen LogP contribution in [0.1, 0.15) is 58.1 Å². The monoisotopic (exact) mass is 555 g/mol. The fourth-order valence-electron chi connectivity index (χ4n) is 6.52. The number of nitrogens with zero attached hydrogens (tertiary/aromatic N) is 2. The van der Waals surface area contributed by atoms with Gasteiger partial charge in [-0.3, -0.25) is 19.2 Å². The molecule has 0 radical (unpaired) electrons. The summed E-state index contributed by atoms with van der Waals surface area (Å²) < 4.78 is 17.5. The van der Waals surface area contributed by atoms with Crippen molar-refractivity contribution in [2.75, 3.05) is 27.2 Å². The minimum absolute atomic E-state index is 0.00926. The van der Waals surface area contributed by atoms with Crippen molar-refractivity contribution in [2.45, 2.75) is 77.0 Å². The molecule has 218 valence electrons. The van der Waals surface area contributed by atoms with Crippen molar-refractivity contribution in [3.05, 3.63) is 35.4 Å². The fraction of sp³-hybridized carbons (Fsp3) is 0.600. The van der Waals surface area contributed by atoms with Crippen LogP contribution in [-0.4, -0.2) is 79.0 Å². The Balaban J connectivity index is 0.000000236. The van der Waals surface area contributed by atoms with Crippen LogP contribution in [0.15, 0.2) is 24.3 Å². The van der Waals surface area contributed by atoms with E-state index >= 15 is 0 Å². The van der Waals surface area contributed by atoms with Gasteiger partial charge < -0.3 is 29.7 Å². The summed E-state index contributed by atoms with van der Waals surface area (Å²) in [6.45, 7) is 8.26. The predicted molar refractivity (Wildman–Crippen MR) is 148 cm³/mol. The van der Waals surface area contributed by atoms with Gasteiger partial charge in [0.2, 0.25) is 11.8 Å². The molecular formula is C30H41N3O7. The smallest absolute Gasteiger partial charge is 0.308 e. The second kappa shape index (κ2) is 11.6. The van der Waals surface area contributed by atoms with E-state index in [2.05, 4.69) is 24.1 Å². The zero-order valence-corrected chi connectivity index (χ0v) is 24.3. The quantitative estimate of drug-likeness (QED) is 0.342. The van der Waals surface area contributed by atoms with Gasteiger partial charge in [-0.05, 0) is 50.6 Å². The molecule has 40 heavy (non-hydrogen) atoms. The molecule has 0 aromatic heterocycles. The lowest BCUT2D eigenvalue weighted by molar-refractivity contribution is -0.152. The van der Waals surface area contributed by atoms with Crippen LogP contribution in [0.5, 0.6) is 11.5 Å². The Hall–Kier alpha value is -3.40. The molecular weight excluding hydrogens is 514 g/mol. The van der Waals surface area contributed by atoms with E-state index in [1.54, 1.807) is 18.7 Å². The first-order chi connectivity index (χ1) is 18.9. The summed E-state index contributed by atoms with van der Waals surface area (Å²) in [6.07, 6.45) is 7.12. The molecule has 10 heteroatoms. The Bertz CT molecular complexity index is 1210. The lowest BCUT2D eigenvalue weighted by Gasteiger charge is -2.56. The van der Waals surface area contributed by atoms with E-state index in [1.807, 2.05) is 19.2 Å². The molecule has 0 unspecified atom stereocenters. The summed E-state index contributed by atoms with van der Waals surface area (Å²) >= 11 is 0. The SMILES string of the molecule is CC(=O)Oc1ccc2c3c1O[C@H]1[C@@H](OC(C)=O)C=C[C@H]4[C@@H](C2)N(C)CC[C@@]341.CC(C)C(N)=O.CN1CCCC1=O. The number of carbonyl (C=O) groups excluding carboxylic acids is 4. The number of likely N-dealkylation sites (N-methyl/N-ethyl adjacent to an activating group) is 1. The summed E-state index contributed by atoms with van der Waals surface area (Å²) in [4.78, 5) is 47.9. The highest BCUT2D eigenvalue weighted by molar-refractivity contribution is 5.77. The van der Waals surface area contributed by atoms with Gasteiger partial charge in [-0.1, -0.05) is 26.0 Å². The van der Waals surface area contributed by atoms with E-state index in [0.29, 0.717) is 23.4 Å². The van der Waals surface area contributed by atoms with Gasteiger partial charge in [0.15, 0.2) is 17.6 Å². The van der Waals surface area contributed by atoms with Gasteiger partial charge in [0, 0.05) is 62.7 Å². The van der Waals surface area contributed by atoms with Crippen LogP contribution in [0.2, 0.25) is 0 Å². The molecule has 3 heterocycles. The van der Waals surface area contributed by atoms with Crippen molar-refractivity contribution in [2.24, 2.45) is 17.6 Å². The standard InChI is InChI=1S/C21H23NO5.C5H9NO.C4H9NO/c1-11(23)25-16-6-4-13-10-15-14-5-7-17(26-12(2)24)20-21(14,8-9-22(15)3)18(13)19(16)27-20;1-6-4-2-3-5(6)7;1-3(2)4(5)6/h4-7,14-15,17,20H,8-10H2,1-3H3;2-4H2,1H3;3H,1-2H3,(H2,5,6)/t14-,15+,17-,20-,21-;;/m0../s1. The molecule has 0 saturated carbocycles. The molecule has 2 amide bonds. The third-order valence-electron chi connectivity index (χ3n) is 8.55. The molecule has 1 aromatic rings. The summed E-state index contributed by atoms with van der Waals surface area (Å²) in [5.74, 6) is 0.754. The molecule has 3 aliphatic heterocycles. The van der Waals surface area contributed by atoms with E-state index in [9.17, 15) is 19.2 Å². The number of hydrogen-bond donors (Lipinski definition) is 1. The maximum Gasteiger partial charge on any atom is 0.308 e. The number of ether oxygens (including phenoxy) is 3. The normalized spacial score (nSPS) is 28.9. The first kappa shape index (κ1) is 29.6. The van der Waals surface area contributed by atoms with Gasteiger partial charge in [-0.15, -0.1) is 0 Å². The molecule has 10 nitrogen and oxygen atoms in total. The van der Waals surface area contributed by atoms with Crippen molar-refractivity contribution in [3.63, 3.8) is 0 Å². The van der Waals surface area contributed by atoms with E-state index in [0.717, 1.165) is 44.3 Å². The lowest BCUT2D eigenvalue weighted by Crippen LogP contribution is -2.65. The van der Waals surface area contributed by atoms with Crippen LogP contribution in [0.25, 0.3) is 0 Å². The number of piperidine rings is 1. The molecule has 2 aliphatic carbocycles. The van der Waals surface area contributed by atoms with Crippen LogP contribution in [0.3, 0.4) is 0 Å². The van der Waals surface area contributed by atoms with Gasteiger partial charge in [0.25, 0.3) is 0 Å². The third-order valence-corrected chi connectivity index (χ3v) is 8.55. The highest BCUT2D eigenvalue weighted by Gasteiger charge is 2.65. The zero-order chi connectivity index (χ0) is 29.4. The van der Waals surface area contributed by atoms with Crippen LogP contribution in [0, 0.1) is 11.8 Å². The minimum Gasteiger partial charge on any atom is -0.481 e. The first-order valence-corrected chi connectivity index (χ1v) is 14.0. The van der Waals surface area contributed by atoms with Crippen LogP contribution in [-0.2, 0) is 35.8 Å². The number of likely N-dealkylation sites (tertiary alicyclic amines) is 2. The van der Waals surface area contributed by atoms with E-state index in [1.165, 1.54) is 19.4 Å². The van der Waals surface area contributed by atoms with Gasteiger partial charge >= 0.3 is 11.9 Å². The average molecular weight is 556 g/mol. The van der Waals surface area contributed by atoms with E-state index < -0.39 is 6.10 Å². The van der Waals surface area contributed by atoms with Gasteiger partial charge in [-0.2, -0.15) is 0 Å². The first-order valence-electron chi connectivity index (χ1n) is 14.0.